The summed E-state index contributed by atoms with van der Waals surface area (Å²) in [6, 6.07) is 20.8. The lowest BCUT2D eigenvalue weighted by Crippen LogP contribution is -2.38. The highest BCUT2D eigenvalue weighted by molar-refractivity contribution is 7.98. The summed E-state index contributed by atoms with van der Waals surface area (Å²) in [5.41, 5.74) is 0.600. The Morgan fingerprint density at radius 1 is 0.923 bits per heavy atom. The summed E-state index contributed by atoms with van der Waals surface area (Å²) < 4.78 is 70.0. The molecule has 6 nitrogen and oxygen atoms in total. The van der Waals surface area contributed by atoms with E-state index in [9.17, 15) is 21.6 Å². The number of hydrogen-bond acceptors (Lipinski definition) is 5. The highest BCUT2D eigenvalue weighted by Crippen LogP contribution is 2.36. The van der Waals surface area contributed by atoms with Gasteiger partial charge in [0.1, 0.15) is 5.82 Å². The molecule has 0 radical (unpaired) electrons. The minimum Gasteiger partial charge on any atom is -0.274 e. The van der Waals surface area contributed by atoms with Crippen LogP contribution in [0.1, 0.15) is 35.7 Å². The Hall–Kier alpha value is -2.86. The molecule has 4 aromatic rings. The van der Waals surface area contributed by atoms with Crippen LogP contribution in [0.2, 0.25) is 5.02 Å². The van der Waals surface area contributed by atoms with Gasteiger partial charge in [-0.1, -0.05) is 59.8 Å². The third-order valence-electron chi connectivity index (χ3n) is 6.57. The molecule has 1 aromatic heterocycles. The van der Waals surface area contributed by atoms with Gasteiger partial charge in [0.25, 0.3) is 0 Å². The predicted molar refractivity (Wildman–Crippen MR) is 145 cm³/mol. The average Bonchev–Trinajstić information content (AvgIpc) is 3.36. The average molecular weight is 593 g/mol. The Morgan fingerprint density at radius 2 is 1.62 bits per heavy atom. The van der Waals surface area contributed by atoms with Gasteiger partial charge in [0.05, 0.1) is 16.1 Å². The molecule has 0 N–H and O–H groups in total. The SMILES string of the molecule is O=S(=O)(c1ccc(Cl)cc1)N1CCC(c2nnc(SCc3ccccc3)n2-c2cccc(C(F)(F)F)c2)CC1. The third-order valence-corrected chi connectivity index (χ3v) is 9.74. The number of piperidine rings is 1. The molecule has 0 saturated carbocycles. The van der Waals surface area contributed by atoms with E-state index >= 15 is 0 Å². The molecule has 1 saturated heterocycles. The van der Waals surface area contributed by atoms with Gasteiger partial charge in [-0.3, -0.25) is 4.57 Å². The number of sulfonamides is 1. The fraction of sp³-hybridized carbons (Fsp3) is 0.259. The van der Waals surface area contributed by atoms with Gasteiger partial charge in [-0.25, -0.2) is 8.42 Å². The second kappa shape index (κ2) is 11.3. The van der Waals surface area contributed by atoms with Gasteiger partial charge in [-0.05, 0) is 60.9 Å². The van der Waals surface area contributed by atoms with Crippen LogP contribution < -0.4 is 0 Å². The quantitative estimate of drug-likeness (QED) is 0.221. The molecule has 1 aliphatic rings. The molecule has 0 spiro atoms. The maximum Gasteiger partial charge on any atom is 0.416 e. The predicted octanol–water partition coefficient (Wildman–Crippen LogP) is 6.80. The topological polar surface area (TPSA) is 68.1 Å². The minimum absolute atomic E-state index is 0.164. The van der Waals surface area contributed by atoms with Crippen molar-refractivity contribution in [2.24, 2.45) is 0 Å². The standard InChI is InChI=1S/C27H24ClF3N4O2S2/c28-22-9-11-24(12-10-22)39(36,37)34-15-13-20(14-16-34)25-32-33-26(38-18-19-5-2-1-3-6-19)35(25)23-8-4-7-21(17-23)27(29,30)31/h1-12,17,20H,13-16,18H2. The number of halogens is 4. The van der Waals surface area contributed by atoms with Crippen LogP contribution in [-0.4, -0.2) is 40.6 Å². The Morgan fingerprint density at radius 3 is 2.28 bits per heavy atom. The molecule has 5 rings (SSSR count). The van der Waals surface area contributed by atoms with E-state index in [0.29, 0.717) is 40.3 Å². The van der Waals surface area contributed by atoms with Crippen LogP contribution in [-0.2, 0) is 22.0 Å². The molecular weight excluding hydrogens is 569 g/mol. The van der Waals surface area contributed by atoms with Crippen LogP contribution in [0.25, 0.3) is 5.69 Å². The molecule has 0 amide bonds. The molecule has 12 heteroatoms. The molecule has 2 heterocycles. The van der Waals surface area contributed by atoms with Crippen LogP contribution in [0.15, 0.2) is 88.9 Å². The van der Waals surface area contributed by atoms with Crippen molar-refractivity contribution in [3.8, 4) is 5.69 Å². The van der Waals surface area contributed by atoms with Crippen molar-refractivity contribution in [3.63, 3.8) is 0 Å². The van der Waals surface area contributed by atoms with E-state index in [4.69, 9.17) is 11.6 Å². The first-order valence-electron chi connectivity index (χ1n) is 12.2. The zero-order valence-electron chi connectivity index (χ0n) is 20.6. The fourth-order valence-corrected chi connectivity index (χ4v) is 7.05. The Labute approximate surface area is 233 Å². The van der Waals surface area contributed by atoms with Crippen molar-refractivity contribution >= 4 is 33.4 Å². The van der Waals surface area contributed by atoms with E-state index < -0.39 is 21.8 Å². The largest absolute Gasteiger partial charge is 0.416 e. The first kappa shape index (κ1) is 27.7. The molecule has 1 aliphatic heterocycles. The highest BCUT2D eigenvalue weighted by atomic mass is 35.5. The van der Waals surface area contributed by atoms with E-state index in [-0.39, 0.29) is 23.9 Å². The van der Waals surface area contributed by atoms with Crippen LogP contribution in [0.4, 0.5) is 13.2 Å². The summed E-state index contributed by atoms with van der Waals surface area (Å²) in [5.74, 6) is 0.902. The van der Waals surface area contributed by atoms with E-state index in [1.807, 2.05) is 30.3 Å². The molecule has 3 aromatic carbocycles. The lowest BCUT2D eigenvalue weighted by Gasteiger charge is -2.31. The molecule has 39 heavy (non-hydrogen) atoms. The number of thioether (sulfide) groups is 1. The number of alkyl halides is 3. The van der Waals surface area contributed by atoms with Crippen LogP contribution in [0, 0.1) is 0 Å². The van der Waals surface area contributed by atoms with Crippen molar-refractivity contribution in [1.29, 1.82) is 0 Å². The summed E-state index contributed by atoms with van der Waals surface area (Å²) in [6.45, 7) is 0.495. The minimum atomic E-state index is -4.50. The number of hydrogen-bond donors (Lipinski definition) is 0. The molecule has 0 aliphatic carbocycles. The van der Waals surface area contributed by atoms with E-state index in [1.54, 1.807) is 10.6 Å². The van der Waals surface area contributed by atoms with Gasteiger partial charge >= 0.3 is 6.18 Å². The van der Waals surface area contributed by atoms with Crippen molar-refractivity contribution < 1.29 is 21.6 Å². The lowest BCUT2D eigenvalue weighted by atomic mass is 9.97. The van der Waals surface area contributed by atoms with E-state index in [2.05, 4.69) is 10.2 Å². The summed E-state index contributed by atoms with van der Waals surface area (Å²) in [7, 11) is -3.70. The maximum atomic E-state index is 13.5. The van der Waals surface area contributed by atoms with Crippen molar-refractivity contribution in [2.75, 3.05) is 13.1 Å². The number of nitrogens with zero attached hydrogens (tertiary/aromatic N) is 4. The van der Waals surface area contributed by atoms with Gasteiger partial charge in [-0.2, -0.15) is 17.5 Å². The lowest BCUT2D eigenvalue weighted by molar-refractivity contribution is -0.137. The Balaban J connectivity index is 1.42. The Bertz CT molecular complexity index is 1540. The second-order valence-electron chi connectivity index (χ2n) is 9.13. The molecule has 0 unspecified atom stereocenters. The van der Waals surface area contributed by atoms with Crippen molar-refractivity contribution in [3.05, 3.63) is 101 Å². The van der Waals surface area contributed by atoms with E-state index in [1.165, 1.54) is 46.4 Å². The molecule has 204 valence electrons. The third kappa shape index (κ3) is 6.16. The molecular formula is C27H24ClF3N4O2S2. The van der Waals surface area contributed by atoms with Gasteiger partial charge in [0, 0.05) is 29.8 Å². The number of benzene rings is 3. The van der Waals surface area contributed by atoms with Crippen LogP contribution in [0.3, 0.4) is 0 Å². The van der Waals surface area contributed by atoms with Crippen molar-refractivity contribution in [1.82, 2.24) is 19.1 Å². The summed E-state index contributed by atoms with van der Waals surface area (Å²) in [5, 5.41) is 9.68. The summed E-state index contributed by atoms with van der Waals surface area (Å²) in [6.07, 6.45) is -3.59. The monoisotopic (exact) mass is 592 g/mol. The molecule has 0 bridgehead atoms. The van der Waals surface area contributed by atoms with Crippen LogP contribution >= 0.6 is 23.4 Å². The van der Waals surface area contributed by atoms with E-state index in [0.717, 1.165) is 17.7 Å². The number of rotatable bonds is 7. The Kier molecular flexibility index (Phi) is 8.04. The van der Waals surface area contributed by atoms with Crippen LogP contribution in [0.5, 0.6) is 0 Å². The van der Waals surface area contributed by atoms with Crippen molar-refractivity contribution in [2.45, 2.75) is 40.7 Å². The first-order valence-corrected chi connectivity index (χ1v) is 15.0. The van der Waals surface area contributed by atoms with Gasteiger partial charge < -0.3 is 0 Å². The highest BCUT2D eigenvalue weighted by Gasteiger charge is 2.34. The zero-order chi connectivity index (χ0) is 27.6. The smallest absolute Gasteiger partial charge is 0.274 e. The number of aromatic nitrogens is 3. The summed E-state index contributed by atoms with van der Waals surface area (Å²) in [4.78, 5) is 0.164. The molecule has 0 atom stereocenters. The first-order chi connectivity index (χ1) is 18.6. The molecule has 1 fully saturated rings. The van der Waals surface area contributed by atoms with Gasteiger partial charge in [0.2, 0.25) is 10.0 Å². The summed E-state index contributed by atoms with van der Waals surface area (Å²) >= 11 is 7.29. The zero-order valence-corrected chi connectivity index (χ0v) is 22.9. The van der Waals surface area contributed by atoms with Gasteiger partial charge in [-0.15, -0.1) is 10.2 Å². The maximum absolute atomic E-state index is 13.5. The second-order valence-corrected chi connectivity index (χ2v) is 12.4. The normalized spacial score (nSPS) is 15.5. The van der Waals surface area contributed by atoms with Gasteiger partial charge in [0.15, 0.2) is 5.16 Å². The fourth-order valence-electron chi connectivity index (χ4n) is 4.54.